The lowest BCUT2D eigenvalue weighted by molar-refractivity contribution is 0.0947. The van der Waals surface area contributed by atoms with Crippen LogP contribution in [0.5, 0.6) is 0 Å². The maximum absolute atomic E-state index is 12.2. The van der Waals surface area contributed by atoms with Crippen LogP contribution < -0.4 is 10.6 Å². The molecule has 22 heavy (non-hydrogen) atoms. The molecule has 1 aliphatic rings. The second-order valence-corrected chi connectivity index (χ2v) is 5.56. The number of carbonyl (C=O) groups is 1. The van der Waals surface area contributed by atoms with Gasteiger partial charge >= 0.3 is 0 Å². The van der Waals surface area contributed by atoms with Crippen LogP contribution in [0, 0.1) is 0 Å². The number of piperidine rings is 1. The zero-order valence-electron chi connectivity index (χ0n) is 12.5. The van der Waals surface area contributed by atoms with E-state index in [-0.39, 0.29) is 5.91 Å². The molecule has 0 unspecified atom stereocenters. The molecule has 2 aromatic heterocycles. The van der Waals surface area contributed by atoms with Crippen LogP contribution in [0.15, 0.2) is 37.1 Å². The molecule has 3 heterocycles. The molecule has 1 amide bonds. The van der Waals surface area contributed by atoms with E-state index in [0.29, 0.717) is 24.7 Å². The molecule has 2 N–H and O–H groups in total. The van der Waals surface area contributed by atoms with Crippen molar-refractivity contribution in [2.24, 2.45) is 0 Å². The summed E-state index contributed by atoms with van der Waals surface area (Å²) in [5, 5.41) is 6.27. The zero-order chi connectivity index (χ0) is 15.2. The van der Waals surface area contributed by atoms with Crippen molar-refractivity contribution in [2.75, 3.05) is 19.6 Å². The van der Waals surface area contributed by atoms with E-state index in [1.807, 2.05) is 22.9 Å². The monoisotopic (exact) mass is 299 g/mol. The first kappa shape index (κ1) is 14.7. The minimum atomic E-state index is -0.115. The van der Waals surface area contributed by atoms with Crippen molar-refractivity contribution in [3.63, 3.8) is 0 Å². The van der Waals surface area contributed by atoms with Gasteiger partial charge in [-0.3, -0.25) is 9.78 Å². The Kier molecular flexibility index (Phi) is 4.80. The quantitative estimate of drug-likeness (QED) is 0.869. The summed E-state index contributed by atoms with van der Waals surface area (Å²) in [5.74, 6) is 0.414. The van der Waals surface area contributed by atoms with E-state index in [4.69, 9.17) is 0 Å². The molecular formula is C16H21N5O. The Bertz CT molecular complexity index is 605. The Labute approximate surface area is 130 Å². The average Bonchev–Trinajstić information content (AvgIpc) is 3.09. The number of hydrogen-bond donors (Lipinski definition) is 2. The molecule has 0 atom stereocenters. The van der Waals surface area contributed by atoms with E-state index in [2.05, 4.69) is 20.6 Å². The minimum Gasteiger partial charge on any atom is -0.349 e. The Morgan fingerprint density at radius 1 is 1.36 bits per heavy atom. The highest BCUT2D eigenvalue weighted by atomic mass is 16.1. The molecule has 6 nitrogen and oxygen atoms in total. The summed E-state index contributed by atoms with van der Waals surface area (Å²) >= 11 is 0. The molecule has 0 aliphatic carbocycles. The number of aromatic nitrogens is 3. The fraction of sp³-hybridized carbons (Fsp3) is 0.438. The number of amides is 1. The third-order valence-electron chi connectivity index (χ3n) is 4.04. The lowest BCUT2D eigenvalue weighted by atomic mass is 9.90. The van der Waals surface area contributed by atoms with Gasteiger partial charge in [-0.15, -0.1) is 0 Å². The van der Waals surface area contributed by atoms with Crippen molar-refractivity contribution in [1.82, 2.24) is 25.2 Å². The van der Waals surface area contributed by atoms with E-state index in [9.17, 15) is 4.79 Å². The molecule has 116 valence electrons. The number of nitrogens with one attached hydrogen (secondary N) is 2. The number of nitrogens with zero attached hydrogens (tertiary/aromatic N) is 3. The van der Waals surface area contributed by atoms with Gasteiger partial charge in [0, 0.05) is 31.7 Å². The summed E-state index contributed by atoms with van der Waals surface area (Å²) < 4.78 is 1.93. The molecule has 3 rings (SSSR count). The number of hydrogen-bond acceptors (Lipinski definition) is 4. The van der Waals surface area contributed by atoms with E-state index >= 15 is 0 Å². The highest BCUT2D eigenvalue weighted by molar-refractivity contribution is 5.92. The summed E-state index contributed by atoms with van der Waals surface area (Å²) in [6.45, 7) is 3.35. The summed E-state index contributed by atoms with van der Waals surface area (Å²) in [6, 6.07) is 3.96. The number of rotatable bonds is 5. The fourth-order valence-electron chi connectivity index (χ4n) is 2.79. The van der Waals surface area contributed by atoms with Crippen molar-refractivity contribution >= 4 is 5.91 Å². The molecule has 0 radical (unpaired) electrons. The van der Waals surface area contributed by atoms with Crippen LogP contribution in [0.2, 0.25) is 0 Å². The van der Waals surface area contributed by atoms with Gasteiger partial charge in [-0.2, -0.15) is 0 Å². The maximum atomic E-state index is 12.2. The van der Waals surface area contributed by atoms with Gasteiger partial charge in [-0.05, 0) is 49.5 Å². The number of carbonyl (C=O) groups excluding carboxylic acids is 1. The van der Waals surface area contributed by atoms with Gasteiger partial charge in [-0.25, -0.2) is 4.98 Å². The first-order valence-electron chi connectivity index (χ1n) is 7.73. The predicted molar refractivity (Wildman–Crippen MR) is 83.6 cm³/mol. The molecule has 1 fully saturated rings. The number of imidazole rings is 1. The first-order chi connectivity index (χ1) is 10.8. The Hall–Kier alpha value is -2.21. The largest absolute Gasteiger partial charge is 0.349 e. The topological polar surface area (TPSA) is 71.8 Å². The average molecular weight is 299 g/mol. The maximum Gasteiger partial charge on any atom is 0.269 e. The van der Waals surface area contributed by atoms with Gasteiger partial charge in [-0.1, -0.05) is 0 Å². The molecule has 0 bridgehead atoms. The van der Waals surface area contributed by atoms with Crippen LogP contribution >= 0.6 is 0 Å². The van der Waals surface area contributed by atoms with Gasteiger partial charge in [0.15, 0.2) is 0 Å². The van der Waals surface area contributed by atoms with Crippen LogP contribution in [0.4, 0.5) is 0 Å². The van der Waals surface area contributed by atoms with Crippen LogP contribution in [-0.4, -0.2) is 40.1 Å². The summed E-state index contributed by atoms with van der Waals surface area (Å²) in [5.41, 5.74) is 1.72. The normalized spacial score (nSPS) is 15.6. The zero-order valence-corrected chi connectivity index (χ0v) is 12.5. The van der Waals surface area contributed by atoms with Gasteiger partial charge in [0.05, 0.1) is 6.33 Å². The van der Waals surface area contributed by atoms with Gasteiger partial charge in [0.25, 0.3) is 5.91 Å². The minimum absolute atomic E-state index is 0.115. The third kappa shape index (κ3) is 3.71. The fourth-order valence-corrected chi connectivity index (χ4v) is 2.79. The predicted octanol–water partition coefficient (Wildman–Crippen LogP) is 1.18. The second-order valence-electron chi connectivity index (χ2n) is 5.56. The first-order valence-corrected chi connectivity index (χ1v) is 7.73. The molecule has 1 aliphatic heterocycles. The van der Waals surface area contributed by atoms with Crippen LogP contribution in [0.25, 0.3) is 0 Å². The Morgan fingerprint density at radius 2 is 2.23 bits per heavy atom. The molecule has 0 spiro atoms. The molecular weight excluding hydrogens is 278 g/mol. The standard InChI is InChI=1S/C16H21N5O/c22-16(20-8-10-21-9-7-18-12-21)15-11-14(3-6-19-15)13-1-4-17-5-2-13/h3,6-7,9,11-13,17H,1-2,4-5,8,10H2,(H,20,22). The van der Waals surface area contributed by atoms with E-state index in [0.717, 1.165) is 25.9 Å². The van der Waals surface area contributed by atoms with E-state index < -0.39 is 0 Å². The summed E-state index contributed by atoms with van der Waals surface area (Å²) in [7, 11) is 0. The van der Waals surface area contributed by atoms with Crippen molar-refractivity contribution in [3.8, 4) is 0 Å². The van der Waals surface area contributed by atoms with Crippen molar-refractivity contribution in [1.29, 1.82) is 0 Å². The third-order valence-corrected chi connectivity index (χ3v) is 4.04. The molecule has 2 aromatic rings. The Morgan fingerprint density at radius 3 is 3.00 bits per heavy atom. The second kappa shape index (κ2) is 7.17. The van der Waals surface area contributed by atoms with Crippen LogP contribution in [0.3, 0.4) is 0 Å². The van der Waals surface area contributed by atoms with Crippen LogP contribution in [0.1, 0.15) is 34.8 Å². The highest BCUT2D eigenvalue weighted by Gasteiger charge is 2.17. The van der Waals surface area contributed by atoms with Crippen molar-refractivity contribution < 1.29 is 4.79 Å². The SMILES string of the molecule is O=C(NCCn1ccnc1)c1cc(C2CCNCC2)ccn1. The van der Waals surface area contributed by atoms with E-state index in [1.165, 1.54) is 5.56 Å². The van der Waals surface area contributed by atoms with E-state index in [1.54, 1.807) is 18.7 Å². The van der Waals surface area contributed by atoms with Crippen LogP contribution in [-0.2, 0) is 6.54 Å². The Balaban J connectivity index is 1.57. The molecule has 6 heteroatoms. The molecule has 0 aromatic carbocycles. The lowest BCUT2D eigenvalue weighted by Gasteiger charge is -2.23. The smallest absolute Gasteiger partial charge is 0.269 e. The molecule has 1 saturated heterocycles. The van der Waals surface area contributed by atoms with Gasteiger partial charge in [0.2, 0.25) is 0 Å². The number of pyridine rings is 1. The molecule has 0 saturated carbocycles. The summed E-state index contributed by atoms with van der Waals surface area (Å²) in [4.78, 5) is 20.4. The van der Waals surface area contributed by atoms with Crippen molar-refractivity contribution in [3.05, 3.63) is 48.3 Å². The van der Waals surface area contributed by atoms with Crippen molar-refractivity contribution in [2.45, 2.75) is 25.3 Å². The lowest BCUT2D eigenvalue weighted by Crippen LogP contribution is -2.29. The highest BCUT2D eigenvalue weighted by Crippen LogP contribution is 2.24. The van der Waals surface area contributed by atoms with Gasteiger partial charge in [0.1, 0.15) is 5.69 Å². The summed E-state index contributed by atoms with van der Waals surface area (Å²) in [6.07, 6.45) is 9.32. The van der Waals surface area contributed by atoms with Gasteiger partial charge < -0.3 is 15.2 Å².